The van der Waals surface area contributed by atoms with Crippen LogP contribution in [-0.4, -0.2) is 50.8 Å². The summed E-state index contributed by atoms with van der Waals surface area (Å²) in [7, 11) is 0. The van der Waals surface area contributed by atoms with E-state index >= 15 is 0 Å². The first-order valence-corrected chi connectivity index (χ1v) is 14.7. The number of aryl methyl sites for hydroxylation is 2. The highest BCUT2D eigenvalue weighted by molar-refractivity contribution is 8.00. The Morgan fingerprint density at radius 3 is 2.30 bits per heavy atom. The molecule has 0 unspecified atom stereocenters. The molecule has 43 heavy (non-hydrogen) atoms. The average molecular weight is 601 g/mol. The van der Waals surface area contributed by atoms with E-state index in [0.717, 1.165) is 22.3 Å². The summed E-state index contributed by atoms with van der Waals surface area (Å²) in [6.07, 6.45) is -0.429. The lowest BCUT2D eigenvalue weighted by molar-refractivity contribution is 0.0208. The number of hydrogen-bond acceptors (Lipinski definition) is 8. The standard InChI is InChI=1S/C33H36N4O5S/c1-22-11-9-12-23(2)29(22)27-20-28(35-31(34-27)36-43-26-16-10-15-25(19-26)30(38)39)41-18-17-37(32(40)42-33(3,4)5)21-24-13-7-6-8-14-24/h6-16,19-20H,17-18,21H2,1-5H3,(H,38,39)(H,34,35,36). The van der Waals surface area contributed by atoms with Gasteiger partial charge in [-0.25, -0.2) is 14.6 Å². The van der Waals surface area contributed by atoms with Crippen LogP contribution in [0, 0.1) is 13.8 Å². The molecule has 0 bridgehead atoms. The first kappa shape index (κ1) is 31.4. The molecule has 4 rings (SSSR count). The molecule has 1 aromatic heterocycles. The van der Waals surface area contributed by atoms with Gasteiger partial charge in [-0.2, -0.15) is 4.98 Å². The summed E-state index contributed by atoms with van der Waals surface area (Å²) < 4.78 is 14.9. The van der Waals surface area contributed by atoms with Crippen LogP contribution in [0.1, 0.15) is 47.8 Å². The molecule has 0 atom stereocenters. The van der Waals surface area contributed by atoms with E-state index in [1.807, 2.05) is 83.1 Å². The van der Waals surface area contributed by atoms with Crippen LogP contribution in [0.3, 0.4) is 0 Å². The van der Waals surface area contributed by atoms with Gasteiger partial charge in [0.25, 0.3) is 0 Å². The lowest BCUT2D eigenvalue weighted by Gasteiger charge is -2.27. The number of amides is 1. The number of rotatable bonds is 11. The van der Waals surface area contributed by atoms with Gasteiger partial charge in [0.05, 0.1) is 17.8 Å². The minimum Gasteiger partial charge on any atom is -0.478 e. The SMILES string of the molecule is Cc1cccc(C)c1-c1cc(OCCN(Cc2ccccc2)C(=O)OC(C)(C)C)nc(NSc2cccc(C(=O)O)c2)n1. The van der Waals surface area contributed by atoms with Gasteiger partial charge < -0.3 is 19.5 Å². The summed E-state index contributed by atoms with van der Waals surface area (Å²) in [6.45, 7) is 10.4. The minimum atomic E-state index is -1.00. The summed E-state index contributed by atoms with van der Waals surface area (Å²) in [5.74, 6) is -0.368. The zero-order valence-corrected chi connectivity index (χ0v) is 25.8. The molecule has 9 nitrogen and oxygen atoms in total. The Balaban J connectivity index is 1.56. The van der Waals surface area contributed by atoms with Crippen molar-refractivity contribution < 1.29 is 24.2 Å². The van der Waals surface area contributed by atoms with Gasteiger partial charge in [0.15, 0.2) is 0 Å². The number of hydrogen-bond donors (Lipinski definition) is 2. The zero-order valence-electron chi connectivity index (χ0n) is 25.0. The minimum absolute atomic E-state index is 0.169. The fourth-order valence-corrected chi connectivity index (χ4v) is 4.95. The van der Waals surface area contributed by atoms with Gasteiger partial charge in [-0.05, 0) is 81.5 Å². The smallest absolute Gasteiger partial charge is 0.410 e. The van der Waals surface area contributed by atoms with E-state index in [4.69, 9.17) is 14.5 Å². The largest absolute Gasteiger partial charge is 0.478 e. The predicted octanol–water partition coefficient (Wildman–Crippen LogP) is 7.39. The second-order valence-corrected chi connectivity index (χ2v) is 11.8. The third-order valence-electron chi connectivity index (χ3n) is 6.26. The number of nitrogens with one attached hydrogen (secondary N) is 1. The van der Waals surface area contributed by atoms with Gasteiger partial charge in [0.2, 0.25) is 11.8 Å². The molecule has 0 aliphatic heterocycles. The van der Waals surface area contributed by atoms with Crippen molar-refractivity contribution in [1.82, 2.24) is 14.9 Å². The molecule has 0 spiro atoms. The monoisotopic (exact) mass is 600 g/mol. The number of anilines is 1. The van der Waals surface area contributed by atoms with Crippen LogP contribution in [0.25, 0.3) is 11.3 Å². The normalized spacial score (nSPS) is 11.1. The van der Waals surface area contributed by atoms with Crippen molar-refractivity contribution >= 4 is 30.0 Å². The molecule has 1 heterocycles. The molecule has 0 saturated heterocycles. The number of aromatic carboxylic acids is 1. The second-order valence-electron chi connectivity index (χ2n) is 11.0. The maximum absolute atomic E-state index is 13.0. The van der Waals surface area contributed by atoms with Crippen LogP contribution in [0.4, 0.5) is 10.7 Å². The highest BCUT2D eigenvalue weighted by Gasteiger charge is 2.23. The fourth-order valence-electron chi connectivity index (χ4n) is 4.31. The Hall–Kier alpha value is -4.57. The number of carboxylic acid groups (broad SMARTS) is 1. The Bertz CT molecular complexity index is 1550. The number of carbonyl (C=O) groups is 2. The fraction of sp³-hybridized carbons (Fsp3) is 0.273. The topological polar surface area (TPSA) is 114 Å². The summed E-state index contributed by atoms with van der Waals surface area (Å²) in [6, 6.07) is 24.1. The molecule has 224 valence electrons. The van der Waals surface area contributed by atoms with Crippen LogP contribution in [0.2, 0.25) is 0 Å². The predicted molar refractivity (Wildman–Crippen MR) is 168 cm³/mol. The molecular weight excluding hydrogens is 564 g/mol. The van der Waals surface area contributed by atoms with Crippen molar-refractivity contribution in [1.29, 1.82) is 0 Å². The zero-order chi connectivity index (χ0) is 31.0. The number of aromatic nitrogens is 2. The summed E-state index contributed by atoms with van der Waals surface area (Å²) in [4.78, 5) is 36.0. The van der Waals surface area contributed by atoms with Crippen molar-refractivity contribution in [3.8, 4) is 17.1 Å². The average Bonchev–Trinajstić information content (AvgIpc) is 2.95. The molecule has 4 aromatic rings. The number of ether oxygens (including phenoxy) is 2. The highest BCUT2D eigenvalue weighted by atomic mass is 32.2. The van der Waals surface area contributed by atoms with E-state index in [1.165, 1.54) is 18.0 Å². The molecule has 0 fully saturated rings. The van der Waals surface area contributed by atoms with Gasteiger partial charge in [-0.1, -0.05) is 54.6 Å². The third-order valence-corrected chi connectivity index (χ3v) is 7.03. The van der Waals surface area contributed by atoms with Crippen molar-refractivity contribution in [3.05, 3.63) is 101 Å². The lowest BCUT2D eigenvalue weighted by atomic mass is 10.00. The van der Waals surface area contributed by atoms with Gasteiger partial charge in [-0.15, -0.1) is 0 Å². The van der Waals surface area contributed by atoms with Gasteiger partial charge in [0.1, 0.15) is 12.2 Å². The number of carbonyl (C=O) groups excluding carboxylic acids is 1. The number of benzene rings is 3. The maximum atomic E-state index is 13.0. The molecule has 0 saturated carbocycles. The Morgan fingerprint density at radius 2 is 1.63 bits per heavy atom. The van der Waals surface area contributed by atoms with Crippen LogP contribution in [0.15, 0.2) is 83.8 Å². The highest BCUT2D eigenvalue weighted by Crippen LogP contribution is 2.30. The Morgan fingerprint density at radius 1 is 0.930 bits per heavy atom. The molecule has 0 radical (unpaired) electrons. The lowest BCUT2D eigenvalue weighted by Crippen LogP contribution is -2.38. The molecular formula is C33H36N4O5S. The van der Waals surface area contributed by atoms with Gasteiger partial charge in [-0.3, -0.25) is 4.72 Å². The van der Waals surface area contributed by atoms with E-state index in [9.17, 15) is 14.7 Å². The molecule has 1 amide bonds. The first-order chi connectivity index (χ1) is 20.5. The van der Waals surface area contributed by atoms with Crippen LogP contribution in [-0.2, 0) is 11.3 Å². The Kier molecular flexibility index (Phi) is 10.3. The Labute approximate surface area is 256 Å². The van der Waals surface area contributed by atoms with E-state index in [1.54, 1.807) is 29.2 Å². The van der Waals surface area contributed by atoms with Crippen molar-refractivity contribution in [3.63, 3.8) is 0 Å². The van der Waals surface area contributed by atoms with E-state index < -0.39 is 17.7 Å². The van der Waals surface area contributed by atoms with E-state index in [-0.39, 0.29) is 18.7 Å². The van der Waals surface area contributed by atoms with Gasteiger partial charge in [0, 0.05) is 23.1 Å². The van der Waals surface area contributed by atoms with Crippen LogP contribution < -0.4 is 9.46 Å². The van der Waals surface area contributed by atoms with Crippen LogP contribution >= 0.6 is 11.9 Å². The first-order valence-electron chi connectivity index (χ1n) is 13.8. The van der Waals surface area contributed by atoms with E-state index in [0.29, 0.717) is 29.0 Å². The number of nitrogens with zero attached hydrogens (tertiary/aromatic N) is 3. The molecule has 0 aliphatic carbocycles. The molecule has 0 aliphatic rings. The quantitative estimate of drug-likeness (QED) is 0.170. The van der Waals surface area contributed by atoms with Gasteiger partial charge >= 0.3 is 12.1 Å². The summed E-state index contributed by atoms with van der Waals surface area (Å²) in [5.41, 5.74) is 4.27. The molecule has 10 heteroatoms. The van der Waals surface area contributed by atoms with Crippen molar-refractivity contribution in [2.24, 2.45) is 0 Å². The summed E-state index contributed by atoms with van der Waals surface area (Å²) >= 11 is 1.20. The molecule has 2 N–H and O–H groups in total. The third kappa shape index (κ3) is 9.21. The maximum Gasteiger partial charge on any atom is 0.410 e. The van der Waals surface area contributed by atoms with Crippen LogP contribution in [0.5, 0.6) is 5.88 Å². The molecule has 3 aromatic carbocycles. The summed E-state index contributed by atoms with van der Waals surface area (Å²) in [5, 5.41) is 9.34. The van der Waals surface area contributed by atoms with Crippen molar-refractivity contribution in [2.75, 3.05) is 17.9 Å². The number of carboxylic acids is 1. The van der Waals surface area contributed by atoms with Crippen molar-refractivity contribution in [2.45, 2.75) is 51.7 Å². The second kappa shape index (κ2) is 14.1. The van der Waals surface area contributed by atoms with E-state index in [2.05, 4.69) is 9.71 Å².